The second-order valence-electron chi connectivity index (χ2n) is 7.97. The smallest absolute Gasteiger partial charge is 0.341 e. The number of hydrogen-bond acceptors (Lipinski definition) is 5. The lowest BCUT2D eigenvalue weighted by molar-refractivity contribution is 0.0695. The van der Waals surface area contributed by atoms with Crippen LogP contribution in [0.2, 0.25) is 0 Å². The molecule has 0 bridgehead atoms. The molecule has 1 saturated heterocycles. The van der Waals surface area contributed by atoms with Gasteiger partial charge in [0.05, 0.1) is 23.6 Å². The number of carboxylic acid groups (broad SMARTS) is 1. The van der Waals surface area contributed by atoms with Gasteiger partial charge in [-0.2, -0.15) is 0 Å². The van der Waals surface area contributed by atoms with E-state index in [1.807, 2.05) is 0 Å². The van der Waals surface area contributed by atoms with Gasteiger partial charge in [-0.15, -0.1) is 0 Å². The highest BCUT2D eigenvalue weighted by Gasteiger charge is 2.36. The topological polar surface area (TPSA) is 97.8 Å². The van der Waals surface area contributed by atoms with E-state index in [0.717, 1.165) is 18.9 Å². The molecule has 7 nitrogen and oxygen atoms in total. The lowest BCUT2D eigenvalue weighted by atomic mass is 9.91. The Bertz CT molecular complexity index is 1050. The minimum absolute atomic E-state index is 0.0178. The van der Waals surface area contributed by atoms with Gasteiger partial charge < -0.3 is 25.0 Å². The molecule has 1 saturated carbocycles. The Morgan fingerprint density at radius 3 is 2.76 bits per heavy atom. The summed E-state index contributed by atoms with van der Waals surface area (Å²) in [6.45, 7) is -0.141. The molecule has 4 rings (SSSR count). The van der Waals surface area contributed by atoms with Crippen LogP contribution in [0, 0.1) is 5.82 Å². The van der Waals surface area contributed by atoms with Gasteiger partial charge in [-0.25, -0.2) is 13.6 Å². The molecule has 0 radical (unpaired) electrons. The summed E-state index contributed by atoms with van der Waals surface area (Å²) < 4.78 is 35.9. The summed E-state index contributed by atoms with van der Waals surface area (Å²) in [5, 5.41) is 9.35. The molecule has 1 aliphatic carbocycles. The Morgan fingerprint density at radius 1 is 1.45 bits per heavy atom. The van der Waals surface area contributed by atoms with E-state index in [0.29, 0.717) is 24.9 Å². The number of fused-ring (bicyclic) bond motifs is 1. The third-order valence-electron chi connectivity index (χ3n) is 5.76. The molecule has 1 aromatic carbocycles. The largest absolute Gasteiger partial charge is 0.492 e. The van der Waals surface area contributed by atoms with Crippen molar-refractivity contribution in [1.29, 1.82) is 0 Å². The number of alkyl halides is 1. The molecule has 156 valence electrons. The van der Waals surface area contributed by atoms with Crippen LogP contribution in [0.1, 0.15) is 42.1 Å². The van der Waals surface area contributed by atoms with E-state index in [1.54, 1.807) is 9.47 Å². The predicted octanol–water partition coefficient (Wildman–Crippen LogP) is 2.45. The highest BCUT2D eigenvalue weighted by molar-refractivity contribution is 5.97. The zero-order valence-corrected chi connectivity index (χ0v) is 16.1. The summed E-state index contributed by atoms with van der Waals surface area (Å²) in [6, 6.07) is 1.08. The Morgan fingerprint density at radius 2 is 2.17 bits per heavy atom. The van der Waals surface area contributed by atoms with Gasteiger partial charge in [0.15, 0.2) is 11.6 Å². The standard InChI is InChI=1S/C20H23F2N3O4/c1-29-18-15-12(17(26)13(19(27)28)8-25(15)11-3-4-11)7-14(22)16(18)24-6-2-5-20(23,9-21)10-24/h7-8,11H,2-6,9-10,23H2,1H3,(H,27,28). The summed E-state index contributed by atoms with van der Waals surface area (Å²) in [6.07, 6.45) is 4.04. The molecule has 2 aromatic rings. The van der Waals surface area contributed by atoms with Gasteiger partial charge in [0, 0.05) is 25.3 Å². The van der Waals surface area contributed by atoms with Crippen molar-refractivity contribution in [2.24, 2.45) is 5.73 Å². The number of rotatable bonds is 5. The van der Waals surface area contributed by atoms with Crippen LogP contribution in [0.25, 0.3) is 10.9 Å². The molecule has 2 aliphatic rings. The minimum atomic E-state index is -1.36. The van der Waals surface area contributed by atoms with Gasteiger partial charge in [-0.3, -0.25) is 4.79 Å². The van der Waals surface area contributed by atoms with Crippen molar-refractivity contribution < 1.29 is 23.4 Å². The van der Waals surface area contributed by atoms with Crippen molar-refractivity contribution >= 4 is 22.6 Å². The Kier molecular flexibility index (Phi) is 4.72. The molecule has 0 amide bonds. The van der Waals surface area contributed by atoms with Gasteiger partial charge in [0.25, 0.3) is 0 Å². The summed E-state index contributed by atoms with van der Waals surface area (Å²) in [5.41, 5.74) is 4.34. The maximum absolute atomic E-state index is 15.2. The third-order valence-corrected chi connectivity index (χ3v) is 5.76. The molecular formula is C20H23F2N3O4. The first kappa shape index (κ1) is 19.6. The lowest BCUT2D eigenvalue weighted by Crippen LogP contribution is -2.56. The number of nitrogens with zero attached hydrogens (tertiary/aromatic N) is 2. The summed E-state index contributed by atoms with van der Waals surface area (Å²) >= 11 is 0. The van der Waals surface area contributed by atoms with E-state index in [1.165, 1.54) is 13.3 Å². The number of carboxylic acids is 1. The van der Waals surface area contributed by atoms with Crippen molar-refractivity contribution in [1.82, 2.24) is 4.57 Å². The molecule has 1 atom stereocenters. The Hall–Kier alpha value is -2.68. The Balaban J connectivity index is 1.99. The number of nitrogens with two attached hydrogens (primary N) is 1. The van der Waals surface area contributed by atoms with Crippen molar-refractivity contribution in [2.75, 3.05) is 31.8 Å². The average Bonchev–Trinajstić information content (AvgIpc) is 3.52. The number of halogens is 2. The monoisotopic (exact) mass is 407 g/mol. The maximum atomic E-state index is 15.2. The molecule has 29 heavy (non-hydrogen) atoms. The fourth-order valence-corrected chi connectivity index (χ4v) is 4.18. The summed E-state index contributed by atoms with van der Waals surface area (Å²) in [5.74, 6) is -1.94. The molecule has 0 spiro atoms. The number of benzene rings is 1. The van der Waals surface area contributed by atoms with E-state index in [-0.39, 0.29) is 29.4 Å². The molecule has 2 heterocycles. The van der Waals surface area contributed by atoms with Gasteiger partial charge in [0.2, 0.25) is 5.43 Å². The van der Waals surface area contributed by atoms with Crippen molar-refractivity contribution in [3.63, 3.8) is 0 Å². The molecule has 1 aliphatic heterocycles. The zero-order chi connectivity index (χ0) is 20.9. The third kappa shape index (κ3) is 3.23. The first-order valence-electron chi connectivity index (χ1n) is 9.58. The van der Waals surface area contributed by atoms with Crippen molar-refractivity contribution in [3.05, 3.63) is 33.9 Å². The first-order valence-corrected chi connectivity index (χ1v) is 9.58. The fraction of sp³-hybridized carbons (Fsp3) is 0.500. The fourth-order valence-electron chi connectivity index (χ4n) is 4.18. The van der Waals surface area contributed by atoms with Crippen LogP contribution in [0.15, 0.2) is 17.1 Å². The number of carbonyl (C=O) groups is 1. The number of ether oxygens (including phenoxy) is 1. The zero-order valence-electron chi connectivity index (χ0n) is 16.1. The molecular weight excluding hydrogens is 384 g/mol. The van der Waals surface area contributed by atoms with Gasteiger partial charge in [-0.1, -0.05) is 0 Å². The van der Waals surface area contributed by atoms with Gasteiger partial charge in [0.1, 0.15) is 17.9 Å². The SMILES string of the molecule is COc1c(N2CCCC(N)(CF)C2)c(F)cc2c(=O)c(C(=O)O)cn(C3CC3)c12. The lowest BCUT2D eigenvalue weighted by Gasteiger charge is -2.40. The normalized spacial score (nSPS) is 22.1. The highest BCUT2D eigenvalue weighted by atomic mass is 19.1. The maximum Gasteiger partial charge on any atom is 0.341 e. The second-order valence-corrected chi connectivity index (χ2v) is 7.97. The quantitative estimate of drug-likeness (QED) is 0.790. The van der Waals surface area contributed by atoms with Crippen LogP contribution < -0.4 is 20.8 Å². The number of aromatic carboxylic acids is 1. The molecule has 1 unspecified atom stereocenters. The van der Waals surface area contributed by atoms with E-state index < -0.39 is 35.0 Å². The number of anilines is 1. The number of pyridine rings is 1. The first-order chi connectivity index (χ1) is 13.8. The average molecular weight is 407 g/mol. The van der Waals surface area contributed by atoms with Crippen LogP contribution in [-0.2, 0) is 0 Å². The number of methoxy groups -OCH3 is 1. The van der Waals surface area contributed by atoms with E-state index in [4.69, 9.17) is 10.5 Å². The van der Waals surface area contributed by atoms with Crippen molar-refractivity contribution in [3.8, 4) is 5.75 Å². The van der Waals surface area contributed by atoms with Crippen LogP contribution in [-0.4, -0.2) is 48.1 Å². The van der Waals surface area contributed by atoms with E-state index in [2.05, 4.69) is 0 Å². The Labute approximate surface area is 165 Å². The second kappa shape index (κ2) is 6.98. The molecule has 1 aromatic heterocycles. The summed E-state index contributed by atoms with van der Waals surface area (Å²) in [7, 11) is 1.37. The number of hydrogen-bond donors (Lipinski definition) is 2. The molecule has 9 heteroatoms. The van der Waals surface area contributed by atoms with E-state index >= 15 is 4.39 Å². The summed E-state index contributed by atoms with van der Waals surface area (Å²) in [4.78, 5) is 25.9. The number of piperidine rings is 1. The molecule has 2 fully saturated rings. The highest BCUT2D eigenvalue weighted by Crippen LogP contribution is 2.44. The predicted molar refractivity (Wildman–Crippen MR) is 104 cm³/mol. The molecule has 3 N–H and O–H groups in total. The van der Waals surface area contributed by atoms with Crippen LogP contribution in [0.4, 0.5) is 14.5 Å². The van der Waals surface area contributed by atoms with Crippen LogP contribution >= 0.6 is 0 Å². The minimum Gasteiger partial charge on any atom is -0.492 e. The van der Waals surface area contributed by atoms with Crippen molar-refractivity contribution in [2.45, 2.75) is 37.3 Å². The van der Waals surface area contributed by atoms with Crippen LogP contribution in [0.5, 0.6) is 5.75 Å². The van der Waals surface area contributed by atoms with Gasteiger partial charge in [-0.05, 0) is 31.7 Å². The van der Waals surface area contributed by atoms with Gasteiger partial charge >= 0.3 is 5.97 Å². The van der Waals surface area contributed by atoms with Crippen LogP contribution in [0.3, 0.4) is 0 Å². The number of aromatic nitrogens is 1. The van der Waals surface area contributed by atoms with E-state index in [9.17, 15) is 19.1 Å².